The molecule has 0 saturated heterocycles. The van der Waals surface area contributed by atoms with Crippen LogP contribution >= 0.6 is 27.7 Å². The molecule has 1 heterocycles. The van der Waals surface area contributed by atoms with Crippen LogP contribution in [0, 0.1) is 0 Å². The van der Waals surface area contributed by atoms with Crippen molar-refractivity contribution in [3.8, 4) is 0 Å². The lowest BCUT2D eigenvalue weighted by atomic mass is 10.2. The number of thioether (sulfide) groups is 1. The van der Waals surface area contributed by atoms with Crippen molar-refractivity contribution in [3.05, 3.63) is 64.4 Å². The van der Waals surface area contributed by atoms with Crippen LogP contribution in [-0.2, 0) is 10.5 Å². The van der Waals surface area contributed by atoms with Crippen molar-refractivity contribution in [1.82, 2.24) is 10.4 Å². The Balaban J connectivity index is 1.69. The van der Waals surface area contributed by atoms with Crippen LogP contribution in [0.1, 0.15) is 11.1 Å². The van der Waals surface area contributed by atoms with Crippen molar-refractivity contribution < 1.29 is 4.79 Å². The van der Waals surface area contributed by atoms with E-state index in [1.165, 1.54) is 5.56 Å². The number of halogens is 1. The number of nitrogens with zero attached hydrogens (tertiary/aromatic N) is 2. The molecule has 21 heavy (non-hydrogen) atoms. The molecule has 0 aliphatic heterocycles. The summed E-state index contributed by atoms with van der Waals surface area (Å²) in [5.41, 5.74) is 4.53. The third-order valence-electron chi connectivity index (χ3n) is 2.48. The summed E-state index contributed by atoms with van der Waals surface area (Å²) in [6.45, 7) is 0. The van der Waals surface area contributed by atoms with E-state index in [-0.39, 0.29) is 5.91 Å². The van der Waals surface area contributed by atoms with Gasteiger partial charge in [0.05, 0.1) is 12.0 Å². The van der Waals surface area contributed by atoms with E-state index >= 15 is 0 Å². The average molecular weight is 364 g/mol. The summed E-state index contributed by atoms with van der Waals surface area (Å²) in [4.78, 5) is 15.6. The highest BCUT2D eigenvalue weighted by atomic mass is 79.9. The number of hydrogen-bond acceptors (Lipinski definition) is 4. The summed E-state index contributed by atoms with van der Waals surface area (Å²) in [7, 11) is 0. The van der Waals surface area contributed by atoms with Gasteiger partial charge in [-0.2, -0.15) is 5.10 Å². The highest BCUT2D eigenvalue weighted by molar-refractivity contribution is 9.10. The number of aromatic nitrogens is 1. The quantitative estimate of drug-likeness (QED) is 0.633. The van der Waals surface area contributed by atoms with Gasteiger partial charge in [0, 0.05) is 28.2 Å². The lowest BCUT2D eigenvalue weighted by Crippen LogP contribution is -2.19. The van der Waals surface area contributed by atoms with Crippen LogP contribution < -0.4 is 5.43 Å². The number of pyridine rings is 1. The largest absolute Gasteiger partial charge is 0.272 e. The molecule has 0 spiro atoms. The van der Waals surface area contributed by atoms with Crippen molar-refractivity contribution in [2.45, 2.75) is 5.75 Å². The van der Waals surface area contributed by atoms with Gasteiger partial charge in [0.1, 0.15) is 0 Å². The predicted octanol–water partition coefficient (Wildman–Crippen LogP) is 3.23. The van der Waals surface area contributed by atoms with Crippen molar-refractivity contribution in [2.24, 2.45) is 5.10 Å². The molecule has 6 heteroatoms. The smallest absolute Gasteiger partial charge is 0.250 e. The van der Waals surface area contributed by atoms with E-state index in [4.69, 9.17) is 0 Å². The van der Waals surface area contributed by atoms with Gasteiger partial charge in [0.2, 0.25) is 5.91 Å². The molecule has 0 saturated carbocycles. The Hall–Kier alpha value is -1.66. The van der Waals surface area contributed by atoms with Crippen LogP contribution in [0.5, 0.6) is 0 Å². The zero-order valence-electron chi connectivity index (χ0n) is 11.2. The van der Waals surface area contributed by atoms with Gasteiger partial charge in [0.15, 0.2) is 0 Å². The van der Waals surface area contributed by atoms with Crippen LogP contribution in [0.3, 0.4) is 0 Å². The minimum absolute atomic E-state index is 0.116. The third kappa shape index (κ3) is 6.10. The summed E-state index contributed by atoms with van der Waals surface area (Å²) >= 11 is 4.98. The maximum atomic E-state index is 11.6. The Labute approximate surface area is 136 Å². The van der Waals surface area contributed by atoms with Crippen molar-refractivity contribution >= 4 is 39.8 Å². The molecular weight excluding hydrogens is 350 g/mol. The Morgan fingerprint density at radius 3 is 3.05 bits per heavy atom. The number of carbonyl (C=O) groups is 1. The molecule has 0 atom stereocenters. The number of benzene rings is 1. The summed E-state index contributed by atoms with van der Waals surface area (Å²) in [6, 6.07) is 11.7. The normalized spacial score (nSPS) is 10.7. The minimum Gasteiger partial charge on any atom is -0.272 e. The third-order valence-corrected chi connectivity index (χ3v) is 3.98. The van der Waals surface area contributed by atoms with E-state index in [9.17, 15) is 4.79 Å². The fraction of sp³-hybridized carbons (Fsp3) is 0.133. The minimum atomic E-state index is -0.116. The van der Waals surface area contributed by atoms with Gasteiger partial charge in [-0.15, -0.1) is 11.8 Å². The van der Waals surface area contributed by atoms with Gasteiger partial charge in [-0.05, 0) is 23.8 Å². The molecule has 4 nitrogen and oxygen atoms in total. The molecule has 0 bridgehead atoms. The number of carbonyl (C=O) groups excluding carboxylic acids is 1. The van der Waals surface area contributed by atoms with E-state index in [0.717, 1.165) is 15.8 Å². The first-order chi connectivity index (χ1) is 10.2. The number of nitrogens with one attached hydrogen (secondary N) is 1. The SMILES string of the molecule is O=C(CSCc1cccc(Br)c1)N/N=C\c1cccnc1. The van der Waals surface area contributed by atoms with Gasteiger partial charge in [-0.25, -0.2) is 5.43 Å². The van der Waals surface area contributed by atoms with Crippen LogP contribution in [0.4, 0.5) is 0 Å². The first-order valence-corrected chi connectivity index (χ1v) is 8.23. The summed E-state index contributed by atoms with van der Waals surface area (Å²) in [6.07, 6.45) is 4.94. The van der Waals surface area contributed by atoms with E-state index in [2.05, 4.69) is 31.4 Å². The molecule has 0 aliphatic carbocycles. The van der Waals surface area contributed by atoms with Crippen LogP contribution in [-0.4, -0.2) is 22.9 Å². The van der Waals surface area contributed by atoms with Crippen molar-refractivity contribution in [3.63, 3.8) is 0 Å². The van der Waals surface area contributed by atoms with Crippen LogP contribution in [0.25, 0.3) is 0 Å². The standard InChI is InChI=1S/C15H14BrN3OS/c16-14-5-1-3-12(7-14)10-21-11-15(20)19-18-9-13-4-2-6-17-8-13/h1-9H,10-11H2,(H,19,20)/b18-9-. The fourth-order valence-corrected chi connectivity index (χ4v) is 2.77. The summed E-state index contributed by atoms with van der Waals surface area (Å²) < 4.78 is 1.05. The van der Waals surface area contributed by atoms with E-state index in [1.807, 2.05) is 36.4 Å². The van der Waals surface area contributed by atoms with Gasteiger partial charge < -0.3 is 0 Å². The van der Waals surface area contributed by atoms with E-state index in [0.29, 0.717) is 5.75 Å². The lowest BCUT2D eigenvalue weighted by molar-refractivity contribution is -0.118. The molecular formula is C15H14BrN3OS. The summed E-state index contributed by atoms with van der Waals surface area (Å²) in [5, 5.41) is 3.90. The van der Waals surface area contributed by atoms with Crippen LogP contribution in [0.15, 0.2) is 58.4 Å². The lowest BCUT2D eigenvalue weighted by Gasteiger charge is -2.02. The highest BCUT2D eigenvalue weighted by Gasteiger charge is 2.01. The Morgan fingerprint density at radius 1 is 1.38 bits per heavy atom. The van der Waals surface area contributed by atoms with Crippen LogP contribution in [0.2, 0.25) is 0 Å². The molecule has 0 unspecified atom stereocenters. The van der Waals surface area contributed by atoms with Gasteiger partial charge in [-0.1, -0.05) is 34.1 Å². The molecule has 1 amide bonds. The topological polar surface area (TPSA) is 54.4 Å². The van der Waals surface area contributed by atoms with Gasteiger partial charge >= 0.3 is 0 Å². The summed E-state index contributed by atoms with van der Waals surface area (Å²) in [5.74, 6) is 1.05. The number of amides is 1. The Morgan fingerprint density at radius 2 is 2.29 bits per heavy atom. The molecule has 2 aromatic rings. The fourth-order valence-electron chi connectivity index (χ4n) is 1.55. The second-order valence-corrected chi connectivity index (χ2v) is 6.10. The van der Waals surface area contributed by atoms with Crippen molar-refractivity contribution in [1.29, 1.82) is 0 Å². The Kier molecular flexibility index (Phi) is 6.43. The maximum Gasteiger partial charge on any atom is 0.250 e. The van der Waals surface area contributed by atoms with Crippen molar-refractivity contribution in [2.75, 3.05) is 5.75 Å². The first kappa shape index (κ1) is 15.7. The Bertz CT molecular complexity index is 619. The monoisotopic (exact) mass is 363 g/mol. The molecule has 0 radical (unpaired) electrons. The predicted molar refractivity (Wildman–Crippen MR) is 90.3 cm³/mol. The highest BCUT2D eigenvalue weighted by Crippen LogP contribution is 2.16. The second-order valence-electron chi connectivity index (χ2n) is 4.20. The maximum absolute atomic E-state index is 11.6. The molecule has 1 aromatic carbocycles. The van der Waals surface area contributed by atoms with E-state index < -0.39 is 0 Å². The number of hydrogen-bond donors (Lipinski definition) is 1. The molecule has 0 aliphatic rings. The molecule has 1 aromatic heterocycles. The first-order valence-electron chi connectivity index (χ1n) is 6.28. The zero-order valence-corrected chi connectivity index (χ0v) is 13.6. The molecule has 2 rings (SSSR count). The average Bonchev–Trinajstić information content (AvgIpc) is 2.48. The second kappa shape index (κ2) is 8.59. The van der Waals surface area contributed by atoms with E-state index in [1.54, 1.807) is 30.4 Å². The molecule has 108 valence electrons. The molecule has 1 N–H and O–H groups in total. The number of rotatable bonds is 6. The van der Waals surface area contributed by atoms with Gasteiger partial charge in [0.25, 0.3) is 0 Å². The molecule has 0 fully saturated rings. The zero-order chi connectivity index (χ0) is 14.9. The number of hydrazone groups is 1. The van der Waals surface area contributed by atoms with Gasteiger partial charge in [-0.3, -0.25) is 9.78 Å².